The average Bonchev–Trinajstić information content (AvgIpc) is 3.10. The van der Waals surface area contributed by atoms with Crippen molar-refractivity contribution in [2.75, 3.05) is 51.6 Å². The van der Waals surface area contributed by atoms with E-state index in [-0.39, 0.29) is 84.0 Å². The number of benzene rings is 2. The van der Waals surface area contributed by atoms with E-state index in [4.69, 9.17) is 39.8 Å². The maximum absolute atomic E-state index is 13.6. The Morgan fingerprint density at radius 3 is 2.00 bits per heavy atom. The van der Waals surface area contributed by atoms with Crippen LogP contribution in [0.2, 0.25) is 0 Å². The minimum Gasteiger partial charge on any atom is -0.505 e. The van der Waals surface area contributed by atoms with Crippen LogP contribution in [0.5, 0.6) is 11.5 Å². The zero-order valence-electron chi connectivity index (χ0n) is 28.0. The third kappa shape index (κ3) is 14.3. The van der Waals surface area contributed by atoms with Crippen LogP contribution >= 0.6 is 0 Å². The van der Waals surface area contributed by atoms with Crippen molar-refractivity contribution in [2.24, 2.45) is 5.11 Å². The van der Waals surface area contributed by atoms with Gasteiger partial charge >= 0.3 is 17.9 Å². The quantitative estimate of drug-likeness (QED) is 0.0369. The van der Waals surface area contributed by atoms with Crippen molar-refractivity contribution >= 4 is 46.1 Å². The Morgan fingerprint density at radius 2 is 1.44 bits per heavy atom. The highest BCUT2D eigenvalue weighted by Crippen LogP contribution is 2.24. The lowest BCUT2D eigenvalue weighted by molar-refractivity contribution is -0.140. The summed E-state index contributed by atoms with van der Waals surface area (Å²) in [5.74, 6) is -4.55. The number of halogens is 1. The average molecular weight is 730 g/mol. The Hall–Kier alpha value is -5.72. The molecule has 0 saturated heterocycles. The van der Waals surface area contributed by atoms with Crippen LogP contribution in [0, 0.1) is 11.3 Å². The molecule has 17 nitrogen and oxygen atoms in total. The molecule has 0 aliphatic heterocycles. The highest BCUT2D eigenvalue weighted by atomic mass is 19.1. The number of hydrogen-bond acceptors (Lipinski definition) is 13. The molecule has 0 bridgehead atoms. The molecule has 3 rings (SSSR count). The third-order valence-corrected chi connectivity index (χ3v) is 7.10. The molecule has 1 aromatic heterocycles. The number of anilines is 1. The van der Waals surface area contributed by atoms with Crippen molar-refractivity contribution < 1.29 is 62.9 Å². The first-order chi connectivity index (χ1) is 24.9. The second kappa shape index (κ2) is 20.8. The number of amides is 1. The van der Waals surface area contributed by atoms with Crippen molar-refractivity contribution in [1.82, 2.24) is 10.3 Å². The summed E-state index contributed by atoms with van der Waals surface area (Å²) in [5.41, 5.74) is 7.62. The Labute approximate surface area is 296 Å². The molecule has 280 valence electrons. The van der Waals surface area contributed by atoms with Crippen LogP contribution in [0.4, 0.5) is 10.1 Å². The first kappa shape index (κ1) is 40.7. The molecule has 0 fully saturated rings. The van der Waals surface area contributed by atoms with E-state index in [1.165, 1.54) is 18.3 Å². The standard InChI is InChI=1S/C34H40FN5O12/c35-25-17-23(4-8-29(25)41)37-18-28(40-36)27-6-3-22-16-24(5-7-26(22)38-27)52-12-1-2-30(42)39-34(19-49-13-9-31(43)44,20-50-14-10-32(45)46)21-51-15-11-33(47)48/h3-8,16-18,36-37,41H,1-2,9-15,19-21H2,(H,39,42)(H,43,44)(H,45,46)(H,47,48)/b28-18-,40-36?. The number of nitrogens with one attached hydrogen (secondary N) is 3. The van der Waals surface area contributed by atoms with Crippen molar-refractivity contribution in [3.8, 4) is 11.5 Å². The number of ether oxygens (including phenoxy) is 4. The molecule has 7 N–H and O–H groups in total. The van der Waals surface area contributed by atoms with Gasteiger partial charge in [0.25, 0.3) is 0 Å². The number of pyridine rings is 1. The summed E-state index contributed by atoms with van der Waals surface area (Å²) < 4.78 is 36.0. The topological polar surface area (TPSA) is 259 Å². The maximum Gasteiger partial charge on any atom is 0.305 e. The zero-order chi connectivity index (χ0) is 37.9. The molecule has 2 aromatic carbocycles. The van der Waals surface area contributed by atoms with E-state index in [0.29, 0.717) is 22.6 Å². The van der Waals surface area contributed by atoms with Gasteiger partial charge in [-0.15, -0.1) is 0 Å². The number of aliphatic carboxylic acids is 3. The summed E-state index contributed by atoms with van der Waals surface area (Å²) >= 11 is 0. The lowest BCUT2D eigenvalue weighted by atomic mass is 10.0. The van der Waals surface area contributed by atoms with Gasteiger partial charge in [-0.3, -0.25) is 19.2 Å². The molecular weight excluding hydrogens is 689 g/mol. The minimum absolute atomic E-state index is 0.0177. The van der Waals surface area contributed by atoms with Gasteiger partial charge in [0.15, 0.2) is 11.6 Å². The van der Waals surface area contributed by atoms with E-state index in [0.717, 1.165) is 11.5 Å². The predicted octanol–water partition coefficient (Wildman–Crippen LogP) is 4.01. The van der Waals surface area contributed by atoms with Gasteiger partial charge in [-0.2, -0.15) is 5.11 Å². The van der Waals surface area contributed by atoms with Crippen LogP contribution in [0.25, 0.3) is 16.6 Å². The van der Waals surface area contributed by atoms with E-state index in [2.05, 4.69) is 20.7 Å². The van der Waals surface area contributed by atoms with Gasteiger partial charge in [0.1, 0.15) is 17.0 Å². The second-order valence-electron chi connectivity index (χ2n) is 11.4. The van der Waals surface area contributed by atoms with Gasteiger partial charge in [-0.25, -0.2) is 14.9 Å². The number of carbonyl (C=O) groups excluding carboxylic acids is 1. The van der Waals surface area contributed by atoms with Crippen LogP contribution in [0.15, 0.2) is 59.8 Å². The normalized spacial score (nSPS) is 11.6. The number of rotatable bonds is 25. The summed E-state index contributed by atoms with van der Waals surface area (Å²) in [6.45, 7) is -1.18. The van der Waals surface area contributed by atoms with Gasteiger partial charge in [0.05, 0.1) is 76.7 Å². The smallest absolute Gasteiger partial charge is 0.305 e. The molecule has 0 aliphatic rings. The Morgan fingerprint density at radius 1 is 0.827 bits per heavy atom. The number of phenolic OH excluding ortho intramolecular Hbond substituents is 1. The Bertz CT molecular complexity index is 1680. The number of fused-ring (bicyclic) bond motifs is 1. The molecule has 0 atom stereocenters. The molecule has 0 radical (unpaired) electrons. The first-order valence-corrected chi connectivity index (χ1v) is 16.0. The highest BCUT2D eigenvalue weighted by Gasteiger charge is 2.34. The van der Waals surface area contributed by atoms with Crippen molar-refractivity contribution in [3.05, 3.63) is 66.2 Å². The summed E-state index contributed by atoms with van der Waals surface area (Å²) in [5, 5.41) is 46.0. The third-order valence-electron chi connectivity index (χ3n) is 7.10. The zero-order valence-corrected chi connectivity index (χ0v) is 28.0. The molecular formula is C34H40FN5O12. The molecule has 18 heteroatoms. The SMILES string of the molecule is N=N/C(=C\Nc1ccc(O)c(F)c1)c1ccc2cc(OCCCC(=O)NC(COCCC(=O)O)(COCCC(=O)O)COCCC(=O)O)ccc2n1. The molecule has 3 aromatic rings. The van der Waals surface area contributed by atoms with Crippen LogP contribution in [0.1, 0.15) is 37.8 Å². The monoisotopic (exact) mass is 729 g/mol. The van der Waals surface area contributed by atoms with E-state index in [9.17, 15) is 28.7 Å². The lowest BCUT2D eigenvalue weighted by Gasteiger charge is -2.34. The molecule has 1 amide bonds. The minimum atomic E-state index is -1.38. The molecule has 52 heavy (non-hydrogen) atoms. The van der Waals surface area contributed by atoms with Gasteiger partial charge in [-0.05, 0) is 42.8 Å². The number of nitrogens with zero attached hydrogens (tertiary/aromatic N) is 2. The molecule has 0 saturated carbocycles. The maximum atomic E-state index is 13.6. The molecule has 1 heterocycles. The molecule has 0 aliphatic carbocycles. The Kier molecular flexibility index (Phi) is 16.3. The second-order valence-corrected chi connectivity index (χ2v) is 11.4. The lowest BCUT2D eigenvalue weighted by Crippen LogP contribution is -2.58. The molecule has 0 unspecified atom stereocenters. The first-order valence-electron chi connectivity index (χ1n) is 16.0. The number of carboxylic acids is 3. The number of carboxylic acid groups (broad SMARTS) is 3. The van der Waals surface area contributed by atoms with Gasteiger partial charge < -0.3 is 50.0 Å². The predicted molar refractivity (Wildman–Crippen MR) is 181 cm³/mol. The van der Waals surface area contributed by atoms with E-state index in [1.807, 2.05) is 0 Å². The van der Waals surface area contributed by atoms with E-state index >= 15 is 0 Å². The van der Waals surface area contributed by atoms with Crippen LogP contribution < -0.4 is 15.4 Å². The van der Waals surface area contributed by atoms with Crippen LogP contribution in [0.3, 0.4) is 0 Å². The van der Waals surface area contributed by atoms with Crippen molar-refractivity contribution in [2.45, 2.75) is 37.6 Å². The number of hydrogen-bond donors (Lipinski definition) is 7. The highest BCUT2D eigenvalue weighted by molar-refractivity contribution is 5.82. The summed E-state index contributed by atoms with van der Waals surface area (Å²) in [4.78, 5) is 50.4. The number of carbonyl (C=O) groups is 4. The van der Waals surface area contributed by atoms with Gasteiger partial charge in [0.2, 0.25) is 5.91 Å². The number of phenols is 1. The number of aromatic nitrogens is 1. The van der Waals surface area contributed by atoms with Crippen molar-refractivity contribution in [1.29, 1.82) is 5.53 Å². The van der Waals surface area contributed by atoms with E-state index in [1.54, 1.807) is 30.3 Å². The van der Waals surface area contributed by atoms with Gasteiger partial charge in [-0.1, -0.05) is 6.07 Å². The van der Waals surface area contributed by atoms with Gasteiger partial charge in [0, 0.05) is 29.8 Å². The van der Waals surface area contributed by atoms with Crippen molar-refractivity contribution in [3.63, 3.8) is 0 Å². The summed E-state index contributed by atoms with van der Waals surface area (Å²) in [6.07, 6.45) is 0.708. The summed E-state index contributed by atoms with van der Waals surface area (Å²) in [7, 11) is 0. The fourth-order valence-electron chi connectivity index (χ4n) is 4.54. The largest absolute Gasteiger partial charge is 0.505 e. The van der Waals surface area contributed by atoms with E-state index < -0.39 is 40.9 Å². The summed E-state index contributed by atoms with van der Waals surface area (Å²) in [6, 6.07) is 12.3. The number of aromatic hydroxyl groups is 1. The fraction of sp³-hybridized carbons (Fsp3) is 0.382. The molecule has 0 spiro atoms. The Balaban J connectivity index is 1.60. The van der Waals surface area contributed by atoms with Crippen LogP contribution in [-0.2, 0) is 33.4 Å². The fourth-order valence-corrected chi connectivity index (χ4v) is 4.54. The van der Waals surface area contributed by atoms with Crippen LogP contribution in [-0.4, -0.2) is 101 Å².